The summed E-state index contributed by atoms with van der Waals surface area (Å²) < 4.78 is 5.38. The molecule has 0 radical (unpaired) electrons. The Labute approximate surface area is 138 Å². The lowest BCUT2D eigenvalue weighted by Gasteiger charge is -2.26. The zero-order chi connectivity index (χ0) is 16.6. The van der Waals surface area contributed by atoms with Gasteiger partial charge in [-0.05, 0) is 31.5 Å². The molecule has 7 heteroatoms. The number of nitrogens with zero attached hydrogens (tertiary/aromatic N) is 2. The summed E-state index contributed by atoms with van der Waals surface area (Å²) in [4.78, 5) is 30.8. The lowest BCUT2D eigenvalue weighted by molar-refractivity contribution is -0.121. The van der Waals surface area contributed by atoms with Crippen LogP contribution < -0.4 is 15.0 Å². The monoisotopic (exact) mass is 331 g/mol. The van der Waals surface area contributed by atoms with Crippen LogP contribution in [0.4, 0.5) is 10.8 Å². The fourth-order valence-corrected chi connectivity index (χ4v) is 3.13. The average molecular weight is 331 g/mol. The minimum atomic E-state index is -0.135. The summed E-state index contributed by atoms with van der Waals surface area (Å²) in [5, 5.41) is 3.42. The Kier molecular flexibility index (Phi) is 4.04. The van der Waals surface area contributed by atoms with E-state index in [2.05, 4.69) is 10.3 Å². The molecule has 0 saturated carbocycles. The van der Waals surface area contributed by atoms with E-state index >= 15 is 0 Å². The van der Waals surface area contributed by atoms with E-state index in [1.807, 2.05) is 26.0 Å². The normalized spacial score (nSPS) is 13.5. The van der Waals surface area contributed by atoms with E-state index in [1.54, 1.807) is 18.0 Å². The molecule has 2 aromatic rings. The Bertz CT molecular complexity index is 765. The summed E-state index contributed by atoms with van der Waals surface area (Å²) in [7, 11) is 1.70. The van der Waals surface area contributed by atoms with Gasteiger partial charge in [0.2, 0.25) is 5.91 Å². The van der Waals surface area contributed by atoms with Crippen molar-refractivity contribution in [2.75, 3.05) is 23.9 Å². The standard InChI is InChI=1S/C16H17N3O3S/c1-9-10(2)23-16(17-9)18-14(20)7-11-4-5-13-12(6-11)19(3)15(21)8-22-13/h4-6H,7-8H2,1-3H3,(H,17,18,20). The number of aromatic nitrogens is 1. The average Bonchev–Trinajstić information content (AvgIpc) is 2.81. The molecule has 1 N–H and O–H groups in total. The molecule has 1 aliphatic rings. The molecular formula is C16H17N3O3S. The maximum atomic E-state index is 12.2. The molecule has 0 bridgehead atoms. The number of hydrogen-bond acceptors (Lipinski definition) is 5. The number of anilines is 2. The van der Waals surface area contributed by atoms with Gasteiger partial charge in [0.25, 0.3) is 5.91 Å². The third kappa shape index (κ3) is 3.19. The first-order valence-electron chi connectivity index (χ1n) is 7.20. The molecule has 2 heterocycles. The van der Waals surface area contributed by atoms with Crippen molar-refractivity contribution in [1.82, 2.24) is 4.98 Å². The van der Waals surface area contributed by atoms with Crippen LogP contribution in [0.25, 0.3) is 0 Å². The predicted molar refractivity (Wildman–Crippen MR) is 89.3 cm³/mol. The maximum absolute atomic E-state index is 12.2. The molecular weight excluding hydrogens is 314 g/mol. The summed E-state index contributed by atoms with van der Waals surface area (Å²) in [6.45, 7) is 3.93. The minimum absolute atomic E-state index is 0.0477. The number of fused-ring (bicyclic) bond motifs is 1. The van der Waals surface area contributed by atoms with Crippen LogP contribution >= 0.6 is 11.3 Å². The molecule has 6 nitrogen and oxygen atoms in total. The second-order valence-electron chi connectivity index (χ2n) is 5.43. The molecule has 0 atom stereocenters. The number of carbonyl (C=O) groups excluding carboxylic acids is 2. The molecule has 120 valence electrons. The third-order valence-electron chi connectivity index (χ3n) is 3.75. The van der Waals surface area contributed by atoms with Crippen molar-refractivity contribution in [3.63, 3.8) is 0 Å². The van der Waals surface area contributed by atoms with Crippen molar-refractivity contribution in [2.45, 2.75) is 20.3 Å². The van der Waals surface area contributed by atoms with Gasteiger partial charge < -0.3 is 15.0 Å². The van der Waals surface area contributed by atoms with Crippen LogP contribution in [0.15, 0.2) is 18.2 Å². The van der Waals surface area contributed by atoms with E-state index in [4.69, 9.17) is 4.74 Å². The van der Waals surface area contributed by atoms with E-state index in [0.717, 1.165) is 16.1 Å². The maximum Gasteiger partial charge on any atom is 0.264 e. The van der Waals surface area contributed by atoms with Crippen molar-refractivity contribution < 1.29 is 14.3 Å². The highest BCUT2D eigenvalue weighted by Gasteiger charge is 2.22. The highest BCUT2D eigenvalue weighted by Crippen LogP contribution is 2.32. The number of hydrogen-bond donors (Lipinski definition) is 1. The molecule has 0 aliphatic carbocycles. The van der Waals surface area contributed by atoms with E-state index < -0.39 is 0 Å². The third-order valence-corrected chi connectivity index (χ3v) is 4.74. The highest BCUT2D eigenvalue weighted by atomic mass is 32.1. The summed E-state index contributed by atoms with van der Waals surface area (Å²) in [5.74, 6) is 0.416. The number of amides is 2. The molecule has 23 heavy (non-hydrogen) atoms. The topological polar surface area (TPSA) is 71.5 Å². The number of aryl methyl sites for hydroxylation is 2. The molecule has 1 aromatic carbocycles. The van der Waals surface area contributed by atoms with Crippen molar-refractivity contribution in [3.8, 4) is 5.75 Å². The van der Waals surface area contributed by atoms with E-state index in [0.29, 0.717) is 16.6 Å². The lowest BCUT2D eigenvalue weighted by atomic mass is 10.1. The summed E-state index contributed by atoms with van der Waals surface area (Å²) >= 11 is 1.46. The SMILES string of the molecule is Cc1nc(NC(=O)Cc2ccc3c(c2)N(C)C(=O)CO3)sc1C. The first-order chi connectivity index (χ1) is 10.9. The number of benzene rings is 1. The zero-order valence-electron chi connectivity index (χ0n) is 13.2. The smallest absolute Gasteiger partial charge is 0.264 e. The molecule has 0 spiro atoms. The van der Waals surface area contributed by atoms with Crippen LogP contribution in [-0.4, -0.2) is 30.5 Å². The predicted octanol–water partition coefficient (Wildman–Crippen LogP) is 2.30. The zero-order valence-corrected chi connectivity index (χ0v) is 14.0. The quantitative estimate of drug-likeness (QED) is 0.937. The van der Waals surface area contributed by atoms with Gasteiger partial charge in [-0.25, -0.2) is 4.98 Å². The number of nitrogens with one attached hydrogen (secondary N) is 1. The Morgan fingerprint density at radius 3 is 2.91 bits per heavy atom. The Morgan fingerprint density at radius 1 is 1.43 bits per heavy atom. The van der Waals surface area contributed by atoms with Gasteiger partial charge in [0.15, 0.2) is 11.7 Å². The molecule has 0 saturated heterocycles. The van der Waals surface area contributed by atoms with Crippen molar-refractivity contribution in [2.24, 2.45) is 0 Å². The largest absolute Gasteiger partial charge is 0.482 e. The molecule has 0 fully saturated rings. The van der Waals surface area contributed by atoms with Gasteiger partial charge in [0.05, 0.1) is 17.8 Å². The van der Waals surface area contributed by atoms with Gasteiger partial charge in [0.1, 0.15) is 5.75 Å². The van der Waals surface area contributed by atoms with Crippen LogP contribution in [-0.2, 0) is 16.0 Å². The fraction of sp³-hybridized carbons (Fsp3) is 0.312. The van der Waals surface area contributed by atoms with Gasteiger partial charge in [-0.1, -0.05) is 6.07 Å². The van der Waals surface area contributed by atoms with Crippen LogP contribution in [0.2, 0.25) is 0 Å². The van der Waals surface area contributed by atoms with Crippen LogP contribution in [0.1, 0.15) is 16.1 Å². The van der Waals surface area contributed by atoms with Crippen LogP contribution in [0.3, 0.4) is 0 Å². The number of rotatable bonds is 3. The van der Waals surface area contributed by atoms with E-state index in [1.165, 1.54) is 11.3 Å². The number of thiazole rings is 1. The number of ether oxygens (including phenoxy) is 1. The second kappa shape index (κ2) is 6.00. The lowest BCUT2D eigenvalue weighted by Crippen LogP contribution is -2.35. The van der Waals surface area contributed by atoms with Gasteiger partial charge in [-0.3, -0.25) is 9.59 Å². The van der Waals surface area contributed by atoms with Gasteiger partial charge in [0, 0.05) is 11.9 Å². The van der Waals surface area contributed by atoms with Crippen LogP contribution in [0.5, 0.6) is 5.75 Å². The Hall–Kier alpha value is -2.41. The number of carbonyl (C=O) groups is 2. The summed E-state index contributed by atoms with van der Waals surface area (Å²) in [6.07, 6.45) is 0.215. The Balaban J connectivity index is 1.73. The van der Waals surface area contributed by atoms with E-state index in [9.17, 15) is 9.59 Å². The minimum Gasteiger partial charge on any atom is -0.482 e. The van der Waals surface area contributed by atoms with Gasteiger partial charge in [-0.15, -0.1) is 11.3 Å². The van der Waals surface area contributed by atoms with Crippen LogP contribution in [0, 0.1) is 13.8 Å². The highest BCUT2D eigenvalue weighted by molar-refractivity contribution is 7.15. The summed E-state index contributed by atoms with van der Waals surface area (Å²) in [5.41, 5.74) is 2.43. The van der Waals surface area contributed by atoms with Gasteiger partial charge in [-0.2, -0.15) is 0 Å². The molecule has 1 aliphatic heterocycles. The molecule has 0 unspecified atom stereocenters. The van der Waals surface area contributed by atoms with Crippen molar-refractivity contribution in [1.29, 1.82) is 0 Å². The second-order valence-corrected chi connectivity index (χ2v) is 6.63. The molecule has 2 amide bonds. The summed E-state index contributed by atoms with van der Waals surface area (Å²) in [6, 6.07) is 5.43. The van der Waals surface area contributed by atoms with Crippen molar-refractivity contribution in [3.05, 3.63) is 34.3 Å². The van der Waals surface area contributed by atoms with Crippen molar-refractivity contribution >= 4 is 34.0 Å². The first kappa shape index (κ1) is 15.5. The molecule has 3 rings (SSSR count). The van der Waals surface area contributed by atoms with E-state index in [-0.39, 0.29) is 24.8 Å². The number of likely N-dealkylation sites (N-methyl/N-ethyl adjacent to an activating group) is 1. The first-order valence-corrected chi connectivity index (χ1v) is 8.02. The Morgan fingerprint density at radius 2 is 2.22 bits per heavy atom. The van der Waals surface area contributed by atoms with Gasteiger partial charge >= 0.3 is 0 Å². The fourth-order valence-electron chi connectivity index (χ4n) is 2.30. The molecule has 1 aromatic heterocycles.